The predicted molar refractivity (Wildman–Crippen MR) is 135 cm³/mol. The second kappa shape index (κ2) is 13.5. The molecule has 1 aromatic heterocycles. The number of ether oxygens (including phenoxy) is 2. The first-order valence-electron chi connectivity index (χ1n) is 10.0. The van der Waals surface area contributed by atoms with Gasteiger partial charge in [-0.3, -0.25) is 0 Å². The van der Waals surface area contributed by atoms with Crippen LogP contribution in [-0.4, -0.2) is 24.6 Å². The Morgan fingerprint density at radius 3 is 2.52 bits per heavy atom. The van der Waals surface area contributed by atoms with Crippen molar-refractivity contribution in [2.45, 2.75) is 26.6 Å². The van der Waals surface area contributed by atoms with Crippen LogP contribution in [0, 0.1) is 0 Å². The summed E-state index contributed by atoms with van der Waals surface area (Å²) in [5.41, 5.74) is 3.27. The van der Waals surface area contributed by atoms with Gasteiger partial charge in [-0.05, 0) is 41.8 Å². The number of guanidine groups is 1. The molecule has 0 spiro atoms. The minimum atomic E-state index is 0. The highest BCUT2D eigenvalue weighted by atomic mass is 127. The summed E-state index contributed by atoms with van der Waals surface area (Å²) in [7, 11) is 1.67. The molecule has 0 aliphatic carbocycles. The molecule has 0 fully saturated rings. The fraction of sp³-hybridized carbons (Fsp3) is 0.250. The lowest BCUT2D eigenvalue weighted by molar-refractivity contribution is 0.293. The summed E-state index contributed by atoms with van der Waals surface area (Å²) >= 11 is 0. The molecule has 0 radical (unpaired) electrons. The van der Waals surface area contributed by atoms with Crippen LogP contribution in [0.3, 0.4) is 0 Å². The van der Waals surface area contributed by atoms with Gasteiger partial charge in [-0.25, -0.2) is 9.98 Å². The molecule has 0 saturated heterocycles. The highest BCUT2D eigenvalue weighted by Gasteiger charge is 2.03. The number of hydrogen-bond donors (Lipinski definition) is 2. The average molecular weight is 532 g/mol. The summed E-state index contributed by atoms with van der Waals surface area (Å²) < 4.78 is 11.1. The zero-order valence-corrected chi connectivity index (χ0v) is 20.2. The zero-order chi connectivity index (χ0) is 21.0. The molecule has 0 unspecified atom stereocenters. The normalized spacial score (nSPS) is 10.7. The Kier molecular flexibility index (Phi) is 10.6. The van der Waals surface area contributed by atoms with Crippen LogP contribution in [0.1, 0.15) is 23.6 Å². The van der Waals surface area contributed by atoms with Crippen molar-refractivity contribution in [1.82, 2.24) is 15.6 Å². The van der Waals surface area contributed by atoms with Gasteiger partial charge in [0.05, 0.1) is 13.7 Å². The van der Waals surface area contributed by atoms with Crippen molar-refractivity contribution in [3.05, 3.63) is 89.6 Å². The lowest BCUT2D eigenvalue weighted by Crippen LogP contribution is -2.36. The summed E-state index contributed by atoms with van der Waals surface area (Å²) in [5.74, 6) is 2.20. The molecule has 0 aliphatic rings. The molecular formula is C24H29IN4O2. The van der Waals surface area contributed by atoms with Gasteiger partial charge in [-0.15, -0.1) is 24.0 Å². The Balaban J connectivity index is 0.00000341. The molecule has 2 aromatic carbocycles. The Morgan fingerprint density at radius 1 is 0.935 bits per heavy atom. The van der Waals surface area contributed by atoms with E-state index in [1.165, 1.54) is 0 Å². The first-order valence-corrected chi connectivity index (χ1v) is 10.0. The fourth-order valence-electron chi connectivity index (χ4n) is 2.84. The quantitative estimate of drug-likeness (QED) is 0.241. The Bertz CT molecular complexity index is 951. The van der Waals surface area contributed by atoms with Crippen molar-refractivity contribution < 1.29 is 9.47 Å². The van der Waals surface area contributed by atoms with Crippen LogP contribution in [0.25, 0.3) is 0 Å². The SMILES string of the molecule is CCNC(=NCc1cccc(OC)c1)NCc1ccnc(OCc2ccccc2)c1.I. The summed E-state index contributed by atoms with van der Waals surface area (Å²) in [6.07, 6.45) is 1.76. The predicted octanol–water partition coefficient (Wildman–Crippen LogP) is 4.54. The van der Waals surface area contributed by atoms with E-state index in [9.17, 15) is 0 Å². The Hall–Kier alpha value is -2.81. The number of halogens is 1. The van der Waals surface area contributed by atoms with Crippen LogP contribution in [0.5, 0.6) is 11.6 Å². The third kappa shape index (κ3) is 8.45. The highest BCUT2D eigenvalue weighted by molar-refractivity contribution is 14.0. The second-order valence-electron chi connectivity index (χ2n) is 6.68. The highest BCUT2D eigenvalue weighted by Crippen LogP contribution is 2.14. The van der Waals surface area contributed by atoms with Crippen molar-refractivity contribution in [3.63, 3.8) is 0 Å². The number of pyridine rings is 1. The lowest BCUT2D eigenvalue weighted by atomic mass is 10.2. The van der Waals surface area contributed by atoms with Crippen molar-refractivity contribution >= 4 is 29.9 Å². The van der Waals surface area contributed by atoms with Crippen molar-refractivity contribution in [2.24, 2.45) is 4.99 Å². The summed E-state index contributed by atoms with van der Waals surface area (Å²) in [6.45, 7) is 4.51. The monoisotopic (exact) mass is 532 g/mol. The van der Waals surface area contributed by atoms with E-state index in [1.807, 2.05) is 73.7 Å². The van der Waals surface area contributed by atoms with E-state index in [4.69, 9.17) is 9.47 Å². The molecule has 0 amide bonds. The number of aromatic nitrogens is 1. The molecule has 164 valence electrons. The number of benzene rings is 2. The molecule has 1 heterocycles. The van der Waals surface area contributed by atoms with E-state index < -0.39 is 0 Å². The molecule has 0 atom stereocenters. The first-order chi connectivity index (χ1) is 14.8. The standard InChI is InChI=1S/C24H28N4O2.HI/c1-3-25-24(27-16-20-10-7-11-22(14-20)29-2)28-17-21-12-13-26-23(15-21)30-18-19-8-5-4-6-9-19;/h4-15H,3,16-18H2,1-2H3,(H2,25,27,28);1H. The van der Waals surface area contributed by atoms with E-state index in [2.05, 4.69) is 20.6 Å². The van der Waals surface area contributed by atoms with Gasteiger partial charge in [0.25, 0.3) is 0 Å². The van der Waals surface area contributed by atoms with E-state index in [0.717, 1.165) is 34.9 Å². The maximum atomic E-state index is 5.82. The van der Waals surface area contributed by atoms with Gasteiger partial charge >= 0.3 is 0 Å². The zero-order valence-electron chi connectivity index (χ0n) is 17.9. The number of rotatable bonds is 9. The van der Waals surface area contributed by atoms with Gasteiger partial charge in [0.15, 0.2) is 5.96 Å². The minimum absolute atomic E-state index is 0. The van der Waals surface area contributed by atoms with Crippen molar-refractivity contribution in [3.8, 4) is 11.6 Å². The molecule has 0 aliphatic heterocycles. The topological polar surface area (TPSA) is 67.8 Å². The fourth-order valence-corrected chi connectivity index (χ4v) is 2.84. The van der Waals surface area contributed by atoms with Crippen molar-refractivity contribution in [2.75, 3.05) is 13.7 Å². The smallest absolute Gasteiger partial charge is 0.213 e. The summed E-state index contributed by atoms with van der Waals surface area (Å²) in [6, 6.07) is 21.9. The summed E-state index contributed by atoms with van der Waals surface area (Å²) in [5, 5.41) is 6.63. The lowest BCUT2D eigenvalue weighted by Gasteiger charge is -2.12. The average Bonchev–Trinajstić information content (AvgIpc) is 2.80. The van der Waals surface area contributed by atoms with Gasteiger partial charge in [-0.1, -0.05) is 42.5 Å². The van der Waals surface area contributed by atoms with E-state index in [-0.39, 0.29) is 24.0 Å². The Morgan fingerprint density at radius 2 is 1.74 bits per heavy atom. The molecule has 3 rings (SSSR count). The summed E-state index contributed by atoms with van der Waals surface area (Å²) in [4.78, 5) is 8.97. The van der Waals surface area contributed by atoms with Crippen LogP contribution in [0.4, 0.5) is 0 Å². The van der Waals surface area contributed by atoms with Crippen LogP contribution >= 0.6 is 24.0 Å². The van der Waals surface area contributed by atoms with Gasteiger partial charge in [0.2, 0.25) is 5.88 Å². The number of nitrogens with zero attached hydrogens (tertiary/aromatic N) is 2. The molecular weight excluding hydrogens is 503 g/mol. The van der Waals surface area contributed by atoms with E-state index in [1.54, 1.807) is 13.3 Å². The van der Waals surface area contributed by atoms with E-state index in [0.29, 0.717) is 25.6 Å². The van der Waals surface area contributed by atoms with Gasteiger partial charge in [0, 0.05) is 25.4 Å². The van der Waals surface area contributed by atoms with Crippen LogP contribution in [0.2, 0.25) is 0 Å². The molecule has 0 saturated carbocycles. The van der Waals surface area contributed by atoms with Gasteiger partial charge in [-0.2, -0.15) is 0 Å². The largest absolute Gasteiger partial charge is 0.497 e. The van der Waals surface area contributed by atoms with Crippen LogP contribution in [0.15, 0.2) is 77.9 Å². The number of aliphatic imine (C=N–C) groups is 1. The molecule has 7 heteroatoms. The third-order valence-corrected chi connectivity index (χ3v) is 4.39. The molecule has 2 N–H and O–H groups in total. The maximum Gasteiger partial charge on any atom is 0.213 e. The number of hydrogen-bond acceptors (Lipinski definition) is 4. The maximum absolute atomic E-state index is 5.82. The van der Waals surface area contributed by atoms with Crippen LogP contribution < -0.4 is 20.1 Å². The molecule has 31 heavy (non-hydrogen) atoms. The van der Waals surface area contributed by atoms with Gasteiger partial charge in [0.1, 0.15) is 12.4 Å². The third-order valence-electron chi connectivity index (χ3n) is 4.39. The number of methoxy groups -OCH3 is 1. The van der Waals surface area contributed by atoms with Gasteiger partial charge < -0.3 is 20.1 Å². The first kappa shape index (κ1) is 24.5. The molecule has 3 aromatic rings. The van der Waals surface area contributed by atoms with Crippen LogP contribution in [-0.2, 0) is 19.7 Å². The molecule has 0 bridgehead atoms. The number of nitrogens with one attached hydrogen (secondary N) is 2. The molecule has 6 nitrogen and oxygen atoms in total. The van der Waals surface area contributed by atoms with E-state index >= 15 is 0 Å². The van der Waals surface area contributed by atoms with Crippen molar-refractivity contribution in [1.29, 1.82) is 0 Å². The second-order valence-corrected chi connectivity index (χ2v) is 6.68. The minimum Gasteiger partial charge on any atom is -0.497 e. The Labute approximate surface area is 201 Å².